The standard InChI is InChI=1S/C15H20ClNO5/c1-3-22-14-11(16)8-10(9-12(14)21-2)15(20)17-7-5-4-6-13(18)19/h8-9H,3-7H2,1-2H3,(H,17,20)(H,18,19). The number of hydrogen-bond donors (Lipinski definition) is 2. The van der Waals surface area contributed by atoms with Crippen LogP contribution in [0.3, 0.4) is 0 Å². The molecule has 0 atom stereocenters. The number of carboxylic acid groups (broad SMARTS) is 1. The van der Waals surface area contributed by atoms with E-state index < -0.39 is 5.97 Å². The molecule has 0 aliphatic carbocycles. The van der Waals surface area contributed by atoms with Crippen LogP contribution in [0.1, 0.15) is 36.5 Å². The quantitative estimate of drug-likeness (QED) is 0.680. The van der Waals surface area contributed by atoms with Gasteiger partial charge in [-0.2, -0.15) is 0 Å². The van der Waals surface area contributed by atoms with Gasteiger partial charge < -0.3 is 19.9 Å². The maximum atomic E-state index is 12.0. The first-order chi connectivity index (χ1) is 10.5. The van der Waals surface area contributed by atoms with Crippen molar-refractivity contribution in [1.29, 1.82) is 0 Å². The molecule has 0 fully saturated rings. The lowest BCUT2D eigenvalue weighted by atomic mass is 10.1. The van der Waals surface area contributed by atoms with Crippen molar-refractivity contribution in [2.24, 2.45) is 0 Å². The molecule has 1 rings (SSSR count). The van der Waals surface area contributed by atoms with Gasteiger partial charge in [-0.05, 0) is 31.9 Å². The van der Waals surface area contributed by atoms with E-state index in [-0.39, 0.29) is 12.3 Å². The maximum absolute atomic E-state index is 12.0. The largest absolute Gasteiger partial charge is 0.493 e. The molecule has 122 valence electrons. The fraction of sp³-hybridized carbons (Fsp3) is 0.467. The molecular weight excluding hydrogens is 310 g/mol. The average Bonchev–Trinajstić information content (AvgIpc) is 2.48. The molecule has 1 amide bonds. The molecule has 6 nitrogen and oxygen atoms in total. The summed E-state index contributed by atoms with van der Waals surface area (Å²) in [5.74, 6) is -0.331. The smallest absolute Gasteiger partial charge is 0.303 e. The summed E-state index contributed by atoms with van der Waals surface area (Å²) >= 11 is 6.10. The predicted molar refractivity (Wildman–Crippen MR) is 83.0 cm³/mol. The number of nitrogens with one attached hydrogen (secondary N) is 1. The van der Waals surface area contributed by atoms with Crippen LogP contribution in [-0.2, 0) is 4.79 Å². The van der Waals surface area contributed by atoms with Gasteiger partial charge in [-0.25, -0.2) is 0 Å². The first-order valence-corrected chi connectivity index (χ1v) is 7.37. The highest BCUT2D eigenvalue weighted by Crippen LogP contribution is 2.36. The lowest BCUT2D eigenvalue weighted by Gasteiger charge is -2.13. The van der Waals surface area contributed by atoms with Gasteiger partial charge in [0.1, 0.15) is 0 Å². The number of methoxy groups -OCH3 is 1. The molecule has 7 heteroatoms. The molecular formula is C15H20ClNO5. The Morgan fingerprint density at radius 2 is 2.05 bits per heavy atom. The van der Waals surface area contributed by atoms with Crippen LogP contribution in [-0.4, -0.2) is 37.2 Å². The van der Waals surface area contributed by atoms with Gasteiger partial charge in [0.2, 0.25) is 0 Å². The van der Waals surface area contributed by atoms with Crippen molar-refractivity contribution in [1.82, 2.24) is 5.32 Å². The van der Waals surface area contributed by atoms with E-state index in [0.717, 1.165) is 0 Å². The Morgan fingerprint density at radius 1 is 1.32 bits per heavy atom. The minimum Gasteiger partial charge on any atom is -0.493 e. The van der Waals surface area contributed by atoms with Crippen molar-refractivity contribution in [2.75, 3.05) is 20.3 Å². The molecule has 0 saturated carbocycles. The number of aliphatic carboxylic acids is 1. The monoisotopic (exact) mass is 329 g/mol. The van der Waals surface area contributed by atoms with Gasteiger partial charge in [0.05, 0.1) is 18.7 Å². The molecule has 0 bridgehead atoms. The SMILES string of the molecule is CCOc1c(Cl)cc(C(=O)NCCCCC(=O)O)cc1OC. The van der Waals surface area contributed by atoms with Gasteiger partial charge in [-0.3, -0.25) is 9.59 Å². The Labute approximate surface area is 134 Å². The third-order valence-corrected chi connectivity index (χ3v) is 3.16. The number of hydrogen-bond acceptors (Lipinski definition) is 4. The minimum absolute atomic E-state index is 0.0958. The number of rotatable bonds is 9. The minimum atomic E-state index is -0.839. The first-order valence-electron chi connectivity index (χ1n) is 6.99. The van der Waals surface area contributed by atoms with Crippen molar-refractivity contribution in [2.45, 2.75) is 26.2 Å². The zero-order valence-electron chi connectivity index (χ0n) is 12.6. The second kappa shape index (κ2) is 9.15. The summed E-state index contributed by atoms with van der Waals surface area (Å²) in [6.07, 6.45) is 1.21. The summed E-state index contributed by atoms with van der Waals surface area (Å²) in [6.45, 7) is 2.66. The highest BCUT2D eigenvalue weighted by molar-refractivity contribution is 6.32. The molecule has 1 aromatic rings. The predicted octanol–water partition coefficient (Wildman–Crippen LogP) is 2.73. The number of ether oxygens (including phenoxy) is 2. The number of carbonyl (C=O) groups is 2. The number of amides is 1. The van der Waals surface area contributed by atoms with Gasteiger partial charge in [-0.1, -0.05) is 11.6 Å². The van der Waals surface area contributed by atoms with Gasteiger partial charge in [0.15, 0.2) is 11.5 Å². The number of halogens is 1. The molecule has 0 aliphatic heterocycles. The van der Waals surface area contributed by atoms with Crippen LogP contribution in [0, 0.1) is 0 Å². The lowest BCUT2D eigenvalue weighted by Crippen LogP contribution is -2.24. The van der Waals surface area contributed by atoms with Crippen molar-refractivity contribution >= 4 is 23.5 Å². The molecule has 1 aromatic carbocycles. The summed E-state index contributed by atoms with van der Waals surface area (Å²) in [6, 6.07) is 3.07. The van der Waals surface area contributed by atoms with Crippen molar-refractivity contribution in [3.05, 3.63) is 22.7 Å². The first kappa shape index (κ1) is 18.1. The van der Waals surface area contributed by atoms with E-state index in [1.807, 2.05) is 6.92 Å². The van der Waals surface area contributed by atoms with E-state index >= 15 is 0 Å². The molecule has 0 saturated heterocycles. The number of carboxylic acids is 1. The molecule has 0 heterocycles. The second-order valence-corrected chi connectivity index (χ2v) is 4.94. The summed E-state index contributed by atoms with van der Waals surface area (Å²) in [7, 11) is 1.47. The van der Waals surface area contributed by atoms with Crippen LogP contribution in [0.25, 0.3) is 0 Å². The lowest BCUT2D eigenvalue weighted by molar-refractivity contribution is -0.137. The molecule has 0 aromatic heterocycles. The molecule has 22 heavy (non-hydrogen) atoms. The zero-order chi connectivity index (χ0) is 16.5. The highest BCUT2D eigenvalue weighted by Gasteiger charge is 2.15. The Morgan fingerprint density at radius 3 is 2.64 bits per heavy atom. The normalized spacial score (nSPS) is 10.1. The van der Waals surface area contributed by atoms with Crippen LogP contribution < -0.4 is 14.8 Å². The van der Waals surface area contributed by atoms with E-state index in [4.69, 9.17) is 26.2 Å². The fourth-order valence-corrected chi connectivity index (χ4v) is 2.11. The molecule has 0 unspecified atom stereocenters. The van der Waals surface area contributed by atoms with Crippen LogP contribution in [0.15, 0.2) is 12.1 Å². The van der Waals surface area contributed by atoms with Crippen LogP contribution in [0.5, 0.6) is 11.5 Å². The Bertz CT molecular complexity index is 533. The fourth-order valence-electron chi connectivity index (χ4n) is 1.84. The van der Waals surface area contributed by atoms with Gasteiger partial charge >= 0.3 is 5.97 Å². The zero-order valence-corrected chi connectivity index (χ0v) is 13.4. The Kier molecular flexibility index (Phi) is 7.52. The topological polar surface area (TPSA) is 84.9 Å². The van der Waals surface area contributed by atoms with Gasteiger partial charge in [0.25, 0.3) is 5.91 Å². The van der Waals surface area contributed by atoms with E-state index in [1.54, 1.807) is 6.07 Å². The summed E-state index contributed by atoms with van der Waals surface area (Å²) in [5.41, 5.74) is 0.364. The molecule has 0 aliphatic rings. The van der Waals surface area contributed by atoms with Crippen LogP contribution in [0.2, 0.25) is 5.02 Å². The van der Waals surface area contributed by atoms with E-state index in [0.29, 0.717) is 48.1 Å². The van der Waals surface area contributed by atoms with Crippen LogP contribution in [0.4, 0.5) is 0 Å². The summed E-state index contributed by atoms with van der Waals surface area (Å²) < 4.78 is 10.6. The molecule has 0 spiro atoms. The number of carbonyl (C=O) groups excluding carboxylic acids is 1. The summed E-state index contributed by atoms with van der Waals surface area (Å²) in [5, 5.41) is 11.5. The van der Waals surface area contributed by atoms with Crippen molar-refractivity contribution in [3.63, 3.8) is 0 Å². The molecule has 2 N–H and O–H groups in total. The third-order valence-electron chi connectivity index (χ3n) is 2.88. The summed E-state index contributed by atoms with van der Waals surface area (Å²) in [4.78, 5) is 22.4. The van der Waals surface area contributed by atoms with Crippen molar-refractivity contribution < 1.29 is 24.2 Å². The van der Waals surface area contributed by atoms with E-state index in [9.17, 15) is 9.59 Å². The van der Waals surface area contributed by atoms with E-state index in [1.165, 1.54) is 13.2 Å². The van der Waals surface area contributed by atoms with Gasteiger partial charge in [0, 0.05) is 18.5 Å². The Balaban J connectivity index is 2.65. The number of unbranched alkanes of at least 4 members (excludes halogenated alkanes) is 1. The number of benzene rings is 1. The van der Waals surface area contributed by atoms with Gasteiger partial charge in [-0.15, -0.1) is 0 Å². The highest BCUT2D eigenvalue weighted by atomic mass is 35.5. The third kappa shape index (κ3) is 5.44. The second-order valence-electron chi connectivity index (χ2n) is 4.53. The average molecular weight is 330 g/mol. The maximum Gasteiger partial charge on any atom is 0.303 e. The van der Waals surface area contributed by atoms with Crippen LogP contribution >= 0.6 is 11.6 Å². The van der Waals surface area contributed by atoms with Crippen molar-refractivity contribution in [3.8, 4) is 11.5 Å². The van der Waals surface area contributed by atoms with E-state index in [2.05, 4.69) is 5.32 Å². The Hall–Kier alpha value is -1.95. The molecule has 0 radical (unpaired) electrons.